The van der Waals surface area contributed by atoms with Crippen molar-refractivity contribution in [3.8, 4) is 0 Å². The summed E-state index contributed by atoms with van der Waals surface area (Å²) in [7, 11) is 0. The van der Waals surface area contributed by atoms with Gasteiger partial charge in [0.2, 0.25) is 0 Å². The highest BCUT2D eigenvalue weighted by Gasteiger charge is 2.01. The first-order valence-corrected chi connectivity index (χ1v) is 4.21. The summed E-state index contributed by atoms with van der Waals surface area (Å²) in [5.41, 5.74) is 0. The molecule has 0 aliphatic carbocycles. The minimum absolute atomic E-state index is 0.208. The zero-order valence-corrected chi connectivity index (χ0v) is 7.38. The molecule has 0 atom stereocenters. The van der Waals surface area contributed by atoms with Crippen LogP contribution in [0.5, 0.6) is 0 Å². The zero-order valence-electron chi connectivity index (χ0n) is 6.49. The summed E-state index contributed by atoms with van der Waals surface area (Å²) in [6.07, 6.45) is 3.63. The number of thiol groups is 1. The van der Waals surface area contributed by atoms with Gasteiger partial charge in [-0.2, -0.15) is 12.6 Å². The zero-order chi connectivity index (χ0) is 8.81. The van der Waals surface area contributed by atoms with Gasteiger partial charge in [-0.3, -0.25) is 4.79 Å². The van der Waals surface area contributed by atoms with E-state index in [1.807, 2.05) is 0 Å². The molecule has 0 aliphatic rings. The van der Waals surface area contributed by atoms with Crippen LogP contribution in [0, 0.1) is 0 Å². The number of imidazole rings is 1. The number of nitrogens with one attached hydrogen (secondary N) is 1. The molecular formula is C7H10N2O2S. The second-order valence-corrected chi connectivity index (χ2v) is 2.62. The Bertz CT molecular complexity index is 236. The molecule has 66 valence electrons. The van der Waals surface area contributed by atoms with Crippen LogP contribution in [-0.4, -0.2) is 21.7 Å². The van der Waals surface area contributed by atoms with Gasteiger partial charge in [0.1, 0.15) is 12.4 Å². The second-order valence-electron chi connectivity index (χ2n) is 2.17. The van der Waals surface area contributed by atoms with Gasteiger partial charge in [0.25, 0.3) is 0 Å². The van der Waals surface area contributed by atoms with Crippen molar-refractivity contribution in [3.63, 3.8) is 0 Å². The third kappa shape index (κ3) is 2.96. The van der Waals surface area contributed by atoms with Crippen LogP contribution in [0.1, 0.15) is 12.2 Å². The molecule has 1 aromatic rings. The van der Waals surface area contributed by atoms with Crippen molar-refractivity contribution < 1.29 is 9.53 Å². The number of ether oxygens (including phenoxy) is 1. The number of H-pyrrole nitrogens is 1. The van der Waals surface area contributed by atoms with Gasteiger partial charge in [-0.05, 0) is 0 Å². The van der Waals surface area contributed by atoms with Crippen molar-refractivity contribution in [3.05, 3.63) is 18.2 Å². The summed E-state index contributed by atoms with van der Waals surface area (Å²) >= 11 is 3.90. The minimum Gasteiger partial charge on any atom is -0.457 e. The van der Waals surface area contributed by atoms with Crippen molar-refractivity contribution in [1.29, 1.82) is 0 Å². The number of carbonyl (C=O) groups is 1. The number of aromatic nitrogens is 2. The van der Waals surface area contributed by atoms with Crippen LogP contribution in [0.4, 0.5) is 0 Å². The summed E-state index contributed by atoms with van der Waals surface area (Å²) in [6.45, 7) is 0.208. The quantitative estimate of drug-likeness (QED) is 0.539. The van der Waals surface area contributed by atoms with Crippen LogP contribution in [0.15, 0.2) is 12.4 Å². The molecule has 1 aromatic heterocycles. The lowest BCUT2D eigenvalue weighted by molar-refractivity contribution is -0.144. The fraction of sp³-hybridized carbons (Fsp3) is 0.429. The first kappa shape index (κ1) is 9.12. The maximum Gasteiger partial charge on any atom is 0.307 e. The highest BCUT2D eigenvalue weighted by molar-refractivity contribution is 7.80. The van der Waals surface area contributed by atoms with E-state index >= 15 is 0 Å². The second kappa shape index (κ2) is 4.82. The van der Waals surface area contributed by atoms with Gasteiger partial charge in [0.15, 0.2) is 0 Å². The number of nitrogens with zero attached hydrogens (tertiary/aromatic N) is 1. The molecule has 0 amide bonds. The molecule has 0 radical (unpaired) electrons. The maximum atomic E-state index is 10.8. The van der Waals surface area contributed by atoms with E-state index in [0.717, 1.165) is 0 Å². The van der Waals surface area contributed by atoms with Crippen molar-refractivity contribution in [2.45, 2.75) is 13.0 Å². The smallest absolute Gasteiger partial charge is 0.307 e. The van der Waals surface area contributed by atoms with E-state index in [9.17, 15) is 4.79 Å². The van der Waals surface area contributed by atoms with Crippen LogP contribution in [0.2, 0.25) is 0 Å². The molecule has 0 saturated heterocycles. The van der Waals surface area contributed by atoms with Crippen molar-refractivity contribution >= 4 is 18.6 Å². The Morgan fingerprint density at radius 1 is 1.75 bits per heavy atom. The number of hydrogen-bond donors (Lipinski definition) is 2. The Hall–Kier alpha value is -0.970. The first-order valence-electron chi connectivity index (χ1n) is 3.57. The van der Waals surface area contributed by atoms with Gasteiger partial charge in [0, 0.05) is 18.1 Å². The lowest BCUT2D eigenvalue weighted by atomic mass is 10.5. The van der Waals surface area contributed by atoms with Gasteiger partial charge in [-0.15, -0.1) is 0 Å². The number of rotatable bonds is 4. The molecule has 0 aliphatic heterocycles. The number of hydrogen-bond acceptors (Lipinski definition) is 4. The predicted molar refractivity (Wildman–Crippen MR) is 46.9 cm³/mol. The molecule has 1 N–H and O–H groups in total. The summed E-state index contributed by atoms with van der Waals surface area (Å²) in [4.78, 5) is 17.5. The van der Waals surface area contributed by atoms with Gasteiger partial charge < -0.3 is 9.72 Å². The van der Waals surface area contributed by atoms with Gasteiger partial charge >= 0.3 is 5.97 Å². The summed E-state index contributed by atoms with van der Waals surface area (Å²) < 4.78 is 4.85. The van der Waals surface area contributed by atoms with Crippen molar-refractivity contribution in [2.24, 2.45) is 0 Å². The molecule has 0 unspecified atom stereocenters. The Morgan fingerprint density at radius 2 is 2.58 bits per heavy atom. The average molecular weight is 186 g/mol. The molecule has 0 aromatic carbocycles. The van der Waals surface area contributed by atoms with E-state index < -0.39 is 0 Å². The third-order valence-electron chi connectivity index (χ3n) is 1.24. The van der Waals surface area contributed by atoms with Crippen LogP contribution in [-0.2, 0) is 16.1 Å². The molecular weight excluding hydrogens is 176 g/mol. The molecule has 0 fully saturated rings. The molecule has 5 heteroatoms. The normalized spacial score (nSPS) is 9.75. The van der Waals surface area contributed by atoms with E-state index in [-0.39, 0.29) is 12.6 Å². The Morgan fingerprint density at radius 3 is 3.17 bits per heavy atom. The summed E-state index contributed by atoms with van der Waals surface area (Å²) in [5.74, 6) is 0.917. The molecule has 4 nitrogen and oxygen atoms in total. The molecule has 0 spiro atoms. The maximum absolute atomic E-state index is 10.8. The first-order chi connectivity index (χ1) is 5.83. The van der Waals surface area contributed by atoms with E-state index in [4.69, 9.17) is 4.74 Å². The van der Waals surface area contributed by atoms with E-state index in [1.165, 1.54) is 0 Å². The molecule has 1 rings (SSSR count). The average Bonchev–Trinajstić information content (AvgIpc) is 2.53. The van der Waals surface area contributed by atoms with Crippen LogP contribution in [0.3, 0.4) is 0 Å². The lowest BCUT2D eigenvalue weighted by Gasteiger charge is -1.99. The standard InChI is InChI=1S/C7H10N2O2S/c10-7(1-4-12)11-5-6-8-2-3-9-6/h2-3,12H,1,4-5H2,(H,8,9). The molecule has 0 saturated carbocycles. The SMILES string of the molecule is O=C(CCS)OCc1ncc[nH]1. The summed E-state index contributed by atoms with van der Waals surface area (Å²) in [5, 5.41) is 0. The highest BCUT2D eigenvalue weighted by Crippen LogP contribution is 1.95. The van der Waals surface area contributed by atoms with E-state index in [0.29, 0.717) is 18.0 Å². The molecule has 12 heavy (non-hydrogen) atoms. The number of carbonyl (C=O) groups excluding carboxylic acids is 1. The number of aromatic amines is 1. The molecule has 1 heterocycles. The van der Waals surface area contributed by atoms with Gasteiger partial charge in [-0.1, -0.05) is 0 Å². The summed E-state index contributed by atoms with van der Waals surface area (Å²) in [6, 6.07) is 0. The predicted octanol–water partition coefficient (Wildman–Crippen LogP) is 0.773. The highest BCUT2D eigenvalue weighted by atomic mass is 32.1. The minimum atomic E-state index is -0.249. The van der Waals surface area contributed by atoms with Crippen LogP contribution < -0.4 is 0 Å². The van der Waals surface area contributed by atoms with Gasteiger partial charge in [-0.25, -0.2) is 4.98 Å². The van der Waals surface area contributed by atoms with Gasteiger partial charge in [0.05, 0.1) is 6.42 Å². The molecule has 0 bridgehead atoms. The van der Waals surface area contributed by atoms with Crippen molar-refractivity contribution in [1.82, 2.24) is 9.97 Å². The largest absolute Gasteiger partial charge is 0.457 e. The lowest BCUT2D eigenvalue weighted by Crippen LogP contribution is -2.05. The van der Waals surface area contributed by atoms with Crippen molar-refractivity contribution in [2.75, 3.05) is 5.75 Å². The topological polar surface area (TPSA) is 55.0 Å². The fourth-order valence-electron chi connectivity index (χ4n) is 0.689. The number of esters is 1. The Balaban J connectivity index is 2.22. The Labute approximate surface area is 75.8 Å². The monoisotopic (exact) mass is 186 g/mol. The fourth-order valence-corrected chi connectivity index (χ4v) is 0.872. The van der Waals surface area contributed by atoms with E-state index in [2.05, 4.69) is 22.6 Å². The Kier molecular flexibility index (Phi) is 3.66. The van der Waals surface area contributed by atoms with Crippen LogP contribution >= 0.6 is 12.6 Å². The van der Waals surface area contributed by atoms with Crippen LogP contribution in [0.25, 0.3) is 0 Å². The third-order valence-corrected chi connectivity index (χ3v) is 1.46. The van der Waals surface area contributed by atoms with E-state index in [1.54, 1.807) is 12.4 Å².